The maximum atomic E-state index is 12.4. The van der Waals surface area contributed by atoms with E-state index in [1.54, 1.807) is 12.5 Å². The Balaban J connectivity index is 2.00. The van der Waals surface area contributed by atoms with Crippen molar-refractivity contribution < 1.29 is 4.42 Å². The van der Waals surface area contributed by atoms with Crippen LogP contribution >= 0.6 is 0 Å². The van der Waals surface area contributed by atoms with Gasteiger partial charge in [0.25, 0.3) is 5.56 Å². The predicted molar refractivity (Wildman–Crippen MR) is 114 cm³/mol. The van der Waals surface area contributed by atoms with Gasteiger partial charge in [0, 0.05) is 34.8 Å². The van der Waals surface area contributed by atoms with E-state index in [9.17, 15) is 4.79 Å². The smallest absolute Gasteiger partial charge is 0.255 e. The number of pyridine rings is 1. The first-order chi connectivity index (χ1) is 13.4. The van der Waals surface area contributed by atoms with Gasteiger partial charge in [-0.1, -0.05) is 45.0 Å². The second-order valence-corrected chi connectivity index (χ2v) is 8.11. The molecule has 0 bridgehead atoms. The predicted octanol–water partition coefficient (Wildman–Crippen LogP) is 5.21. The molecule has 2 aromatic carbocycles. The van der Waals surface area contributed by atoms with Crippen LogP contribution in [0.1, 0.15) is 31.9 Å². The van der Waals surface area contributed by atoms with Gasteiger partial charge in [-0.2, -0.15) is 0 Å². The second kappa shape index (κ2) is 6.80. The van der Waals surface area contributed by atoms with Crippen LogP contribution in [0.2, 0.25) is 0 Å². The molecule has 4 aromatic rings. The number of furan rings is 1. The highest BCUT2D eigenvalue weighted by molar-refractivity contribution is 5.98. The van der Waals surface area contributed by atoms with E-state index < -0.39 is 0 Å². The lowest BCUT2D eigenvalue weighted by molar-refractivity contribution is 0.559. The molecule has 0 amide bonds. The van der Waals surface area contributed by atoms with Crippen molar-refractivity contribution in [2.75, 3.05) is 0 Å². The highest BCUT2D eigenvalue weighted by Gasteiger charge is 2.23. The number of aromatic nitrogens is 1. The maximum absolute atomic E-state index is 12.4. The quantitative estimate of drug-likeness (QED) is 0.518. The Morgan fingerprint density at radius 1 is 1.00 bits per heavy atom. The Bertz CT molecular complexity index is 1190. The fourth-order valence-corrected chi connectivity index (χ4v) is 3.54. The summed E-state index contributed by atoms with van der Waals surface area (Å²) in [4.78, 5) is 15.2. The molecule has 0 atom stereocenters. The van der Waals surface area contributed by atoms with E-state index in [-0.39, 0.29) is 11.0 Å². The molecular formula is C24H24N2O2. The highest BCUT2D eigenvalue weighted by atomic mass is 16.3. The van der Waals surface area contributed by atoms with Crippen molar-refractivity contribution in [1.29, 1.82) is 0 Å². The number of rotatable bonds is 3. The minimum Gasteiger partial charge on any atom is -0.463 e. The molecule has 0 aliphatic heterocycles. The number of aromatic amines is 1. The van der Waals surface area contributed by atoms with Crippen LogP contribution in [0.4, 0.5) is 0 Å². The van der Waals surface area contributed by atoms with Gasteiger partial charge in [-0.25, -0.2) is 0 Å². The van der Waals surface area contributed by atoms with Crippen molar-refractivity contribution in [3.05, 3.63) is 82.5 Å². The van der Waals surface area contributed by atoms with Crippen LogP contribution in [0.25, 0.3) is 33.2 Å². The van der Waals surface area contributed by atoms with E-state index in [4.69, 9.17) is 10.2 Å². The van der Waals surface area contributed by atoms with E-state index in [1.807, 2.05) is 30.3 Å². The molecule has 0 unspecified atom stereocenters. The highest BCUT2D eigenvalue weighted by Crippen LogP contribution is 2.39. The van der Waals surface area contributed by atoms with Crippen molar-refractivity contribution in [3.8, 4) is 22.3 Å². The zero-order valence-corrected chi connectivity index (χ0v) is 16.4. The fraction of sp³-hybridized carbons (Fsp3) is 0.208. The third-order valence-corrected chi connectivity index (χ3v) is 5.11. The molecule has 4 nitrogen and oxygen atoms in total. The summed E-state index contributed by atoms with van der Waals surface area (Å²) >= 11 is 0. The summed E-state index contributed by atoms with van der Waals surface area (Å²) in [6.45, 7) is 6.97. The Kier molecular flexibility index (Phi) is 4.44. The number of hydrogen-bond donors (Lipinski definition) is 2. The molecule has 4 heteroatoms. The molecule has 0 saturated heterocycles. The first-order valence-corrected chi connectivity index (χ1v) is 9.41. The number of H-pyrrole nitrogens is 1. The molecule has 2 heterocycles. The van der Waals surface area contributed by atoms with Crippen molar-refractivity contribution >= 4 is 11.0 Å². The molecule has 0 saturated carbocycles. The van der Waals surface area contributed by atoms with Gasteiger partial charge in [0.15, 0.2) is 0 Å². The Labute approximate surface area is 164 Å². The van der Waals surface area contributed by atoms with Gasteiger partial charge in [-0.3, -0.25) is 4.79 Å². The normalized spacial score (nSPS) is 11.9. The molecule has 3 N–H and O–H groups in total. The Hall–Kier alpha value is -3.11. The van der Waals surface area contributed by atoms with Crippen LogP contribution in [0.5, 0.6) is 0 Å². The van der Waals surface area contributed by atoms with Crippen molar-refractivity contribution in [3.63, 3.8) is 0 Å². The first-order valence-electron chi connectivity index (χ1n) is 9.41. The lowest BCUT2D eigenvalue weighted by Gasteiger charge is -2.20. The SMILES string of the molecule is CC(C)(C)c1cc(-c2ccc[nH]c2=O)cc2c(-c3ccc(CN)cc3)coc12. The van der Waals surface area contributed by atoms with Gasteiger partial charge < -0.3 is 15.1 Å². The summed E-state index contributed by atoms with van der Waals surface area (Å²) < 4.78 is 6.03. The summed E-state index contributed by atoms with van der Waals surface area (Å²) in [5.41, 5.74) is 12.1. The Morgan fingerprint density at radius 2 is 1.75 bits per heavy atom. The zero-order chi connectivity index (χ0) is 19.9. The third-order valence-electron chi connectivity index (χ3n) is 5.11. The molecule has 0 aliphatic rings. The first kappa shape index (κ1) is 18.3. The average Bonchev–Trinajstić information content (AvgIpc) is 3.10. The summed E-state index contributed by atoms with van der Waals surface area (Å²) in [5.74, 6) is 0. The van der Waals surface area contributed by atoms with Crippen LogP contribution in [0.3, 0.4) is 0 Å². The molecule has 0 spiro atoms. The molecular weight excluding hydrogens is 348 g/mol. The van der Waals surface area contributed by atoms with Crippen molar-refractivity contribution in [1.82, 2.24) is 4.98 Å². The van der Waals surface area contributed by atoms with E-state index in [1.165, 1.54) is 0 Å². The minimum atomic E-state index is -0.131. The minimum absolute atomic E-state index is 0.0981. The maximum Gasteiger partial charge on any atom is 0.255 e. The van der Waals surface area contributed by atoms with Gasteiger partial charge >= 0.3 is 0 Å². The van der Waals surface area contributed by atoms with E-state index >= 15 is 0 Å². The number of hydrogen-bond acceptors (Lipinski definition) is 3. The van der Waals surface area contributed by atoms with Gasteiger partial charge in [0.2, 0.25) is 0 Å². The molecule has 0 fully saturated rings. The van der Waals surface area contributed by atoms with Gasteiger partial charge in [-0.15, -0.1) is 0 Å². The molecule has 142 valence electrons. The van der Waals surface area contributed by atoms with Crippen molar-refractivity contribution in [2.45, 2.75) is 32.7 Å². The molecule has 2 aromatic heterocycles. The summed E-state index contributed by atoms with van der Waals surface area (Å²) in [6.07, 6.45) is 3.45. The topological polar surface area (TPSA) is 72.0 Å². The Morgan fingerprint density at radius 3 is 2.39 bits per heavy atom. The van der Waals surface area contributed by atoms with Gasteiger partial charge in [0.1, 0.15) is 5.58 Å². The number of fused-ring (bicyclic) bond motifs is 1. The fourth-order valence-electron chi connectivity index (χ4n) is 3.54. The van der Waals surface area contributed by atoms with Crippen LogP contribution < -0.4 is 11.3 Å². The van der Waals surface area contributed by atoms with Gasteiger partial charge in [0.05, 0.1) is 6.26 Å². The van der Waals surface area contributed by atoms with Gasteiger partial charge in [-0.05, 0) is 46.4 Å². The van der Waals surface area contributed by atoms with Crippen LogP contribution in [0, 0.1) is 0 Å². The number of benzene rings is 2. The largest absolute Gasteiger partial charge is 0.463 e. The summed E-state index contributed by atoms with van der Waals surface area (Å²) in [5, 5.41) is 1.01. The summed E-state index contributed by atoms with van der Waals surface area (Å²) in [6, 6.07) is 16.0. The number of nitrogens with one attached hydrogen (secondary N) is 1. The second-order valence-electron chi connectivity index (χ2n) is 8.11. The van der Waals surface area contributed by atoms with Crippen molar-refractivity contribution in [2.24, 2.45) is 5.73 Å². The van der Waals surface area contributed by atoms with Crippen LogP contribution in [-0.4, -0.2) is 4.98 Å². The van der Waals surface area contributed by atoms with E-state index in [0.717, 1.165) is 38.8 Å². The monoisotopic (exact) mass is 372 g/mol. The molecule has 4 rings (SSSR count). The van der Waals surface area contributed by atoms with Crippen LogP contribution in [0.15, 0.2) is 70.2 Å². The van der Waals surface area contributed by atoms with E-state index in [0.29, 0.717) is 12.1 Å². The molecule has 28 heavy (non-hydrogen) atoms. The van der Waals surface area contributed by atoms with Crippen LogP contribution in [-0.2, 0) is 12.0 Å². The lowest BCUT2D eigenvalue weighted by Crippen LogP contribution is -2.13. The molecule has 0 aliphatic carbocycles. The average molecular weight is 372 g/mol. The van der Waals surface area contributed by atoms with E-state index in [2.05, 4.69) is 44.0 Å². The lowest BCUT2D eigenvalue weighted by atomic mass is 9.83. The zero-order valence-electron chi connectivity index (χ0n) is 16.4. The summed E-state index contributed by atoms with van der Waals surface area (Å²) in [7, 11) is 0. The number of nitrogens with two attached hydrogens (primary N) is 1. The molecule has 0 radical (unpaired) electrons. The third kappa shape index (κ3) is 3.16. The standard InChI is InChI=1S/C24H24N2O2/c1-24(2,3)21-12-17(18-5-4-10-26-23(18)27)11-19-20(14-28-22(19)21)16-8-6-15(13-25)7-9-16/h4-12,14H,13,25H2,1-3H3,(H,26,27).